The SMILES string of the molecule is Cc1ncn(C)c1C(=O)N(C)Cc1cc2cc(F)ccc2[nH]1. The van der Waals surface area contributed by atoms with E-state index in [-0.39, 0.29) is 11.7 Å². The Bertz CT molecular complexity index is 830. The summed E-state index contributed by atoms with van der Waals surface area (Å²) >= 11 is 0. The van der Waals surface area contributed by atoms with Crippen LogP contribution in [-0.2, 0) is 13.6 Å². The minimum absolute atomic E-state index is 0.0951. The highest BCUT2D eigenvalue weighted by Gasteiger charge is 2.19. The number of benzene rings is 1. The molecule has 0 saturated heterocycles. The monoisotopic (exact) mass is 300 g/mol. The lowest BCUT2D eigenvalue weighted by Crippen LogP contribution is -2.28. The lowest BCUT2D eigenvalue weighted by molar-refractivity contribution is 0.0773. The van der Waals surface area contributed by atoms with Gasteiger partial charge < -0.3 is 14.5 Å². The molecular formula is C16H17FN4O. The molecular weight excluding hydrogens is 283 g/mol. The van der Waals surface area contributed by atoms with Crippen molar-refractivity contribution in [2.24, 2.45) is 7.05 Å². The van der Waals surface area contributed by atoms with Crippen molar-refractivity contribution >= 4 is 16.8 Å². The third-order valence-electron chi connectivity index (χ3n) is 3.72. The number of aromatic nitrogens is 3. The van der Waals surface area contributed by atoms with Crippen LogP contribution in [0.3, 0.4) is 0 Å². The molecule has 1 amide bonds. The highest BCUT2D eigenvalue weighted by molar-refractivity contribution is 5.93. The summed E-state index contributed by atoms with van der Waals surface area (Å²) in [5, 5.41) is 0.799. The van der Waals surface area contributed by atoms with E-state index in [1.54, 1.807) is 36.0 Å². The second-order valence-electron chi connectivity index (χ2n) is 5.48. The van der Waals surface area contributed by atoms with Crippen molar-refractivity contribution in [3.63, 3.8) is 0 Å². The fourth-order valence-corrected chi connectivity index (χ4v) is 2.61. The number of amides is 1. The van der Waals surface area contributed by atoms with Crippen molar-refractivity contribution < 1.29 is 9.18 Å². The van der Waals surface area contributed by atoms with Gasteiger partial charge in [0, 0.05) is 30.7 Å². The average molecular weight is 300 g/mol. The highest BCUT2D eigenvalue weighted by Crippen LogP contribution is 2.18. The molecule has 0 spiro atoms. The summed E-state index contributed by atoms with van der Waals surface area (Å²) in [7, 11) is 3.54. The zero-order valence-corrected chi connectivity index (χ0v) is 12.7. The summed E-state index contributed by atoms with van der Waals surface area (Å²) in [5.74, 6) is -0.365. The van der Waals surface area contributed by atoms with Crippen LogP contribution in [-0.4, -0.2) is 32.4 Å². The Morgan fingerprint density at radius 2 is 2.18 bits per heavy atom. The van der Waals surface area contributed by atoms with Gasteiger partial charge in [-0.15, -0.1) is 0 Å². The van der Waals surface area contributed by atoms with Crippen molar-refractivity contribution in [3.8, 4) is 0 Å². The summed E-state index contributed by atoms with van der Waals surface area (Å²) in [6.07, 6.45) is 1.63. The fraction of sp³-hybridized carbons (Fsp3) is 0.250. The minimum Gasteiger partial charge on any atom is -0.357 e. The molecule has 0 unspecified atom stereocenters. The first kappa shape index (κ1) is 14.3. The molecule has 2 aromatic heterocycles. The molecule has 3 aromatic rings. The standard InChI is InChI=1S/C16H17FN4O/c1-10-15(21(3)9-18-10)16(22)20(2)8-13-7-11-6-12(17)4-5-14(11)19-13/h4-7,9,19H,8H2,1-3H3. The number of H-pyrrole nitrogens is 1. The maximum absolute atomic E-state index is 13.2. The zero-order chi connectivity index (χ0) is 15.9. The number of carbonyl (C=O) groups excluding carboxylic acids is 1. The van der Waals surface area contributed by atoms with Crippen LogP contribution < -0.4 is 0 Å². The molecule has 3 rings (SSSR count). The molecule has 5 nitrogen and oxygen atoms in total. The van der Waals surface area contributed by atoms with E-state index in [1.807, 2.05) is 13.0 Å². The Labute approximate surface area is 127 Å². The van der Waals surface area contributed by atoms with Crippen LogP contribution in [0.4, 0.5) is 4.39 Å². The van der Waals surface area contributed by atoms with Gasteiger partial charge in [-0.25, -0.2) is 9.37 Å². The van der Waals surface area contributed by atoms with E-state index in [0.29, 0.717) is 17.9 Å². The molecule has 0 bridgehead atoms. The molecule has 114 valence electrons. The Kier molecular flexibility index (Phi) is 3.44. The number of fused-ring (bicyclic) bond motifs is 1. The number of aryl methyl sites for hydroxylation is 2. The normalized spacial score (nSPS) is 11.1. The van der Waals surface area contributed by atoms with Gasteiger partial charge in [0.15, 0.2) is 0 Å². The number of carbonyl (C=O) groups is 1. The summed E-state index contributed by atoms with van der Waals surface area (Å²) in [6.45, 7) is 2.23. The van der Waals surface area contributed by atoms with Gasteiger partial charge in [-0.3, -0.25) is 4.79 Å². The number of hydrogen-bond acceptors (Lipinski definition) is 2. The molecule has 1 N–H and O–H groups in total. The summed E-state index contributed by atoms with van der Waals surface area (Å²) < 4.78 is 14.9. The van der Waals surface area contributed by atoms with Crippen LogP contribution in [0.5, 0.6) is 0 Å². The van der Waals surface area contributed by atoms with Crippen LogP contribution in [0.2, 0.25) is 0 Å². The molecule has 0 atom stereocenters. The van der Waals surface area contributed by atoms with Gasteiger partial charge in [-0.1, -0.05) is 0 Å². The predicted octanol–water partition coefficient (Wildman–Crippen LogP) is 2.62. The fourth-order valence-electron chi connectivity index (χ4n) is 2.61. The summed E-state index contributed by atoms with van der Waals surface area (Å²) in [6, 6.07) is 6.44. The van der Waals surface area contributed by atoms with Gasteiger partial charge in [0.1, 0.15) is 11.5 Å². The average Bonchev–Trinajstić information content (AvgIpc) is 3.00. The maximum Gasteiger partial charge on any atom is 0.272 e. The number of nitrogens with one attached hydrogen (secondary N) is 1. The van der Waals surface area contributed by atoms with E-state index in [4.69, 9.17) is 0 Å². The molecule has 0 aliphatic heterocycles. The van der Waals surface area contributed by atoms with E-state index in [0.717, 1.165) is 16.6 Å². The molecule has 1 aromatic carbocycles. The minimum atomic E-state index is -0.270. The van der Waals surface area contributed by atoms with Crippen LogP contribution >= 0.6 is 0 Å². The third kappa shape index (κ3) is 2.47. The Morgan fingerprint density at radius 3 is 2.86 bits per heavy atom. The quantitative estimate of drug-likeness (QED) is 0.808. The lowest BCUT2D eigenvalue weighted by Gasteiger charge is -2.17. The molecule has 0 aliphatic carbocycles. The van der Waals surface area contributed by atoms with Crippen molar-refractivity contribution in [1.82, 2.24) is 19.4 Å². The second-order valence-corrected chi connectivity index (χ2v) is 5.48. The number of halogens is 1. The summed E-state index contributed by atoms with van der Waals surface area (Å²) in [5.41, 5.74) is 2.99. The van der Waals surface area contributed by atoms with Crippen molar-refractivity contribution in [1.29, 1.82) is 0 Å². The second kappa shape index (κ2) is 5.29. The first-order valence-corrected chi connectivity index (χ1v) is 6.96. The Morgan fingerprint density at radius 1 is 1.41 bits per heavy atom. The molecule has 2 heterocycles. The molecule has 0 fully saturated rings. The maximum atomic E-state index is 13.2. The van der Waals surface area contributed by atoms with Crippen LogP contribution in [0.15, 0.2) is 30.6 Å². The van der Waals surface area contributed by atoms with Crippen LogP contribution in [0.25, 0.3) is 10.9 Å². The molecule has 0 saturated carbocycles. The highest BCUT2D eigenvalue weighted by atomic mass is 19.1. The Balaban J connectivity index is 1.83. The predicted molar refractivity (Wildman–Crippen MR) is 82.0 cm³/mol. The van der Waals surface area contributed by atoms with Crippen LogP contribution in [0.1, 0.15) is 21.9 Å². The van der Waals surface area contributed by atoms with Gasteiger partial charge in [0.05, 0.1) is 18.6 Å². The molecule has 22 heavy (non-hydrogen) atoms. The van der Waals surface area contributed by atoms with Gasteiger partial charge in [0.2, 0.25) is 0 Å². The first-order chi connectivity index (χ1) is 10.5. The third-order valence-corrected chi connectivity index (χ3v) is 3.72. The topological polar surface area (TPSA) is 53.9 Å². The first-order valence-electron chi connectivity index (χ1n) is 6.96. The van der Waals surface area contributed by atoms with E-state index >= 15 is 0 Å². The van der Waals surface area contributed by atoms with Crippen LogP contribution in [0, 0.1) is 12.7 Å². The number of imidazole rings is 1. The van der Waals surface area contributed by atoms with E-state index in [2.05, 4.69) is 9.97 Å². The van der Waals surface area contributed by atoms with Gasteiger partial charge in [-0.2, -0.15) is 0 Å². The molecule has 0 radical (unpaired) electrons. The Hall–Kier alpha value is -2.63. The van der Waals surface area contributed by atoms with Gasteiger partial charge >= 0.3 is 0 Å². The smallest absolute Gasteiger partial charge is 0.272 e. The number of nitrogens with zero attached hydrogens (tertiary/aromatic N) is 3. The van der Waals surface area contributed by atoms with Crippen molar-refractivity contribution in [3.05, 3.63) is 53.5 Å². The van der Waals surface area contributed by atoms with Gasteiger partial charge in [0.25, 0.3) is 5.91 Å². The number of aromatic amines is 1. The van der Waals surface area contributed by atoms with Crippen molar-refractivity contribution in [2.45, 2.75) is 13.5 Å². The number of rotatable bonds is 3. The largest absolute Gasteiger partial charge is 0.357 e. The van der Waals surface area contributed by atoms with Crippen molar-refractivity contribution in [2.75, 3.05) is 7.05 Å². The number of hydrogen-bond donors (Lipinski definition) is 1. The molecule has 0 aliphatic rings. The van der Waals surface area contributed by atoms with E-state index < -0.39 is 0 Å². The van der Waals surface area contributed by atoms with E-state index in [9.17, 15) is 9.18 Å². The van der Waals surface area contributed by atoms with Gasteiger partial charge in [-0.05, 0) is 31.2 Å². The van der Waals surface area contributed by atoms with E-state index in [1.165, 1.54) is 12.1 Å². The lowest BCUT2D eigenvalue weighted by atomic mass is 10.2. The zero-order valence-electron chi connectivity index (χ0n) is 12.7. The molecule has 6 heteroatoms. The summed E-state index contributed by atoms with van der Waals surface area (Å²) in [4.78, 5) is 21.5.